The quantitative estimate of drug-likeness (QED) is 0.711. The van der Waals surface area contributed by atoms with Gasteiger partial charge in [0, 0.05) is 19.6 Å². The van der Waals surface area contributed by atoms with Crippen molar-refractivity contribution >= 4 is 0 Å². The first-order valence-electron chi connectivity index (χ1n) is 8.14. The van der Waals surface area contributed by atoms with E-state index in [1.165, 1.54) is 45.3 Å². The van der Waals surface area contributed by atoms with Gasteiger partial charge in [0.1, 0.15) is 0 Å². The van der Waals surface area contributed by atoms with Crippen molar-refractivity contribution in [3.63, 3.8) is 0 Å². The summed E-state index contributed by atoms with van der Waals surface area (Å²) in [4.78, 5) is 2.59. The van der Waals surface area contributed by atoms with Gasteiger partial charge in [-0.15, -0.1) is 0 Å². The molecule has 1 saturated heterocycles. The minimum absolute atomic E-state index is 0.417. The van der Waals surface area contributed by atoms with Gasteiger partial charge >= 0.3 is 0 Å². The smallest absolute Gasteiger partial charge is 0.0603 e. The zero-order chi connectivity index (χ0) is 14.5. The molecule has 19 heavy (non-hydrogen) atoms. The highest BCUT2D eigenvalue weighted by molar-refractivity contribution is 4.74. The van der Waals surface area contributed by atoms with Gasteiger partial charge < -0.3 is 9.64 Å². The molecule has 1 heterocycles. The Bertz CT molecular complexity index is 236. The van der Waals surface area contributed by atoms with Gasteiger partial charge in [0.2, 0.25) is 0 Å². The van der Waals surface area contributed by atoms with Gasteiger partial charge in [-0.1, -0.05) is 34.6 Å². The SMILES string of the molecule is CC(C)CN1CCC(O[C@H](C)CCC(C)(C)C)CC1. The first kappa shape index (κ1) is 17.0. The molecule has 114 valence electrons. The van der Waals surface area contributed by atoms with Gasteiger partial charge in [0.05, 0.1) is 12.2 Å². The minimum Gasteiger partial charge on any atom is -0.375 e. The van der Waals surface area contributed by atoms with Crippen molar-refractivity contribution in [2.45, 2.75) is 79.4 Å². The molecule has 0 amide bonds. The van der Waals surface area contributed by atoms with Crippen LogP contribution in [0.2, 0.25) is 0 Å². The molecule has 0 spiro atoms. The fourth-order valence-electron chi connectivity index (χ4n) is 2.78. The van der Waals surface area contributed by atoms with E-state index in [0.29, 0.717) is 17.6 Å². The Kier molecular flexibility index (Phi) is 6.82. The minimum atomic E-state index is 0.417. The van der Waals surface area contributed by atoms with Crippen LogP contribution in [0, 0.1) is 11.3 Å². The van der Waals surface area contributed by atoms with Gasteiger partial charge in [-0.05, 0) is 43.9 Å². The summed E-state index contributed by atoms with van der Waals surface area (Å²) in [5.74, 6) is 0.781. The van der Waals surface area contributed by atoms with Crippen LogP contribution in [0.3, 0.4) is 0 Å². The summed E-state index contributed by atoms with van der Waals surface area (Å²) in [7, 11) is 0. The summed E-state index contributed by atoms with van der Waals surface area (Å²) in [6.07, 6.45) is 5.79. The number of rotatable bonds is 6. The fourth-order valence-corrected chi connectivity index (χ4v) is 2.78. The largest absolute Gasteiger partial charge is 0.375 e. The highest BCUT2D eigenvalue weighted by atomic mass is 16.5. The van der Waals surface area contributed by atoms with E-state index in [9.17, 15) is 0 Å². The van der Waals surface area contributed by atoms with Crippen LogP contribution in [0.1, 0.15) is 67.2 Å². The van der Waals surface area contributed by atoms with Crippen LogP contribution in [0.25, 0.3) is 0 Å². The predicted molar refractivity (Wildman–Crippen MR) is 83.5 cm³/mol. The number of likely N-dealkylation sites (tertiary alicyclic amines) is 1. The molecule has 1 atom stereocenters. The third kappa shape index (κ3) is 7.94. The fraction of sp³-hybridized carbons (Fsp3) is 1.00. The summed E-state index contributed by atoms with van der Waals surface area (Å²) in [5, 5.41) is 0. The standard InChI is InChI=1S/C17H35NO/c1-14(2)13-18-11-8-16(9-12-18)19-15(3)7-10-17(4,5)6/h14-16H,7-13H2,1-6H3/t15-/m1/s1. The number of nitrogens with zero attached hydrogens (tertiary/aromatic N) is 1. The molecule has 2 nitrogen and oxygen atoms in total. The zero-order valence-electron chi connectivity index (χ0n) is 14.0. The number of hydrogen-bond donors (Lipinski definition) is 0. The van der Waals surface area contributed by atoms with Crippen molar-refractivity contribution in [2.75, 3.05) is 19.6 Å². The Morgan fingerprint density at radius 3 is 2.16 bits per heavy atom. The van der Waals surface area contributed by atoms with Crippen molar-refractivity contribution in [3.8, 4) is 0 Å². The lowest BCUT2D eigenvalue weighted by atomic mass is 9.89. The van der Waals surface area contributed by atoms with E-state index in [2.05, 4.69) is 46.4 Å². The van der Waals surface area contributed by atoms with Crippen LogP contribution in [0.15, 0.2) is 0 Å². The molecule has 0 aromatic carbocycles. The number of hydrogen-bond acceptors (Lipinski definition) is 2. The van der Waals surface area contributed by atoms with Gasteiger partial charge in [0.25, 0.3) is 0 Å². The highest BCUT2D eigenvalue weighted by Gasteiger charge is 2.22. The van der Waals surface area contributed by atoms with E-state index in [4.69, 9.17) is 4.74 Å². The topological polar surface area (TPSA) is 12.5 Å². The summed E-state index contributed by atoms with van der Waals surface area (Å²) < 4.78 is 6.21. The Morgan fingerprint density at radius 2 is 1.68 bits per heavy atom. The molecule has 0 saturated carbocycles. The van der Waals surface area contributed by atoms with Crippen molar-refractivity contribution in [1.29, 1.82) is 0 Å². The Hall–Kier alpha value is -0.0800. The van der Waals surface area contributed by atoms with E-state index in [-0.39, 0.29) is 0 Å². The van der Waals surface area contributed by atoms with Crippen molar-refractivity contribution in [1.82, 2.24) is 4.90 Å². The normalized spacial score (nSPS) is 21.0. The summed E-state index contributed by atoms with van der Waals surface area (Å²) >= 11 is 0. The molecular formula is C17H35NO. The van der Waals surface area contributed by atoms with Gasteiger partial charge in [-0.2, -0.15) is 0 Å². The van der Waals surface area contributed by atoms with Gasteiger partial charge in [-0.3, -0.25) is 0 Å². The Balaban J connectivity index is 2.18. The molecule has 2 heteroatoms. The summed E-state index contributed by atoms with van der Waals surface area (Å²) in [5.41, 5.74) is 0.429. The molecule has 0 N–H and O–H groups in total. The van der Waals surface area contributed by atoms with Crippen LogP contribution in [0.4, 0.5) is 0 Å². The average Bonchev–Trinajstić information content (AvgIpc) is 2.28. The highest BCUT2D eigenvalue weighted by Crippen LogP contribution is 2.24. The lowest BCUT2D eigenvalue weighted by molar-refractivity contribution is -0.0418. The van der Waals surface area contributed by atoms with E-state index < -0.39 is 0 Å². The number of piperidine rings is 1. The summed E-state index contributed by atoms with van der Waals surface area (Å²) in [6.45, 7) is 17.5. The van der Waals surface area contributed by atoms with Crippen molar-refractivity contribution in [2.24, 2.45) is 11.3 Å². The first-order chi connectivity index (χ1) is 8.76. The Labute approximate surface area is 120 Å². The molecule has 0 unspecified atom stereocenters. The average molecular weight is 269 g/mol. The Morgan fingerprint density at radius 1 is 1.11 bits per heavy atom. The molecular weight excluding hydrogens is 234 g/mol. The predicted octanol–water partition coefficient (Wildman–Crippen LogP) is 4.34. The molecule has 1 aliphatic rings. The zero-order valence-corrected chi connectivity index (χ0v) is 14.0. The monoisotopic (exact) mass is 269 g/mol. The van der Waals surface area contributed by atoms with Gasteiger partial charge in [-0.25, -0.2) is 0 Å². The third-order valence-corrected chi connectivity index (χ3v) is 3.88. The van der Waals surface area contributed by atoms with Gasteiger partial charge in [0.15, 0.2) is 0 Å². The second-order valence-corrected chi connectivity index (χ2v) is 7.94. The van der Waals surface area contributed by atoms with Crippen molar-refractivity contribution in [3.05, 3.63) is 0 Å². The molecule has 1 fully saturated rings. The lowest BCUT2D eigenvalue weighted by Gasteiger charge is -2.34. The van der Waals surface area contributed by atoms with Crippen LogP contribution < -0.4 is 0 Å². The number of ether oxygens (including phenoxy) is 1. The molecule has 1 aliphatic heterocycles. The molecule has 1 rings (SSSR count). The molecule has 0 aromatic rings. The lowest BCUT2D eigenvalue weighted by Crippen LogP contribution is -2.39. The molecule has 0 aliphatic carbocycles. The first-order valence-corrected chi connectivity index (χ1v) is 8.14. The molecule has 0 radical (unpaired) electrons. The van der Waals surface area contributed by atoms with Crippen LogP contribution in [-0.4, -0.2) is 36.7 Å². The summed E-state index contributed by atoms with van der Waals surface area (Å²) in [6, 6.07) is 0. The van der Waals surface area contributed by atoms with E-state index in [0.717, 1.165) is 5.92 Å². The third-order valence-electron chi connectivity index (χ3n) is 3.88. The van der Waals surface area contributed by atoms with E-state index >= 15 is 0 Å². The van der Waals surface area contributed by atoms with Crippen LogP contribution in [0.5, 0.6) is 0 Å². The maximum absolute atomic E-state index is 6.21. The van der Waals surface area contributed by atoms with Crippen LogP contribution in [-0.2, 0) is 4.74 Å². The second kappa shape index (κ2) is 7.64. The van der Waals surface area contributed by atoms with E-state index in [1.54, 1.807) is 0 Å². The van der Waals surface area contributed by atoms with E-state index in [1.807, 2.05) is 0 Å². The maximum Gasteiger partial charge on any atom is 0.0603 e. The molecule has 0 bridgehead atoms. The molecule has 0 aromatic heterocycles. The maximum atomic E-state index is 6.21. The van der Waals surface area contributed by atoms with Crippen molar-refractivity contribution < 1.29 is 4.74 Å². The second-order valence-electron chi connectivity index (χ2n) is 7.94. The van der Waals surface area contributed by atoms with Crippen LogP contribution >= 0.6 is 0 Å².